The van der Waals surface area contributed by atoms with Gasteiger partial charge in [0, 0.05) is 11.1 Å². The molecule has 108 valence electrons. The van der Waals surface area contributed by atoms with Crippen LogP contribution in [-0.2, 0) is 5.41 Å². The van der Waals surface area contributed by atoms with E-state index in [2.05, 4.69) is 42.0 Å². The number of halogens is 3. The first-order chi connectivity index (χ1) is 8.54. The SMILES string of the molecule is CC(C)(C)NCCC(C)(C)c1c(F)ccc(Br)c1F. The molecule has 19 heavy (non-hydrogen) atoms. The maximum absolute atomic E-state index is 14.1. The summed E-state index contributed by atoms with van der Waals surface area (Å²) in [4.78, 5) is 0. The van der Waals surface area contributed by atoms with Crippen LogP contribution in [0.5, 0.6) is 0 Å². The number of hydrogen-bond donors (Lipinski definition) is 1. The van der Waals surface area contributed by atoms with E-state index in [-0.39, 0.29) is 11.1 Å². The summed E-state index contributed by atoms with van der Waals surface area (Å²) in [6, 6.07) is 2.71. The molecule has 0 amide bonds. The predicted octanol–water partition coefficient (Wildman–Crippen LogP) is 4.78. The van der Waals surface area contributed by atoms with E-state index in [0.29, 0.717) is 17.4 Å². The van der Waals surface area contributed by atoms with Crippen molar-refractivity contribution in [3.05, 3.63) is 33.8 Å². The first-order valence-electron chi connectivity index (χ1n) is 6.43. The molecular weight excluding hydrogens is 312 g/mol. The van der Waals surface area contributed by atoms with Gasteiger partial charge in [-0.1, -0.05) is 13.8 Å². The summed E-state index contributed by atoms with van der Waals surface area (Å²) in [6.07, 6.45) is 0.661. The van der Waals surface area contributed by atoms with Crippen LogP contribution >= 0.6 is 15.9 Å². The van der Waals surface area contributed by atoms with Gasteiger partial charge in [-0.3, -0.25) is 0 Å². The summed E-state index contributed by atoms with van der Waals surface area (Å²) in [5, 5.41) is 3.34. The lowest BCUT2D eigenvalue weighted by Gasteiger charge is -2.29. The van der Waals surface area contributed by atoms with E-state index in [1.807, 2.05) is 13.8 Å². The average Bonchev–Trinajstić information content (AvgIpc) is 2.21. The van der Waals surface area contributed by atoms with Crippen molar-refractivity contribution in [2.24, 2.45) is 0 Å². The zero-order chi connectivity index (χ0) is 14.8. The Bertz CT molecular complexity index is 450. The Balaban J connectivity index is 2.91. The van der Waals surface area contributed by atoms with Crippen LogP contribution < -0.4 is 5.32 Å². The lowest BCUT2D eigenvalue weighted by molar-refractivity contribution is 0.363. The van der Waals surface area contributed by atoms with Gasteiger partial charge in [0.05, 0.1) is 4.47 Å². The molecule has 1 aromatic carbocycles. The van der Waals surface area contributed by atoms with E-state index >= 15 is 0 Å². The topological polar surface area (TPSA) is 12.0 Å². The summed E-state index contributed by atoms with van der Waals surface area (Å²) in [5.41, 5.74) is -0.404. The Morgan fingerprint density at radius 2 is 1.68 bits per heavy atom. The molecule has 0 heterocycles. The number of rotatable bonds is 4. The van der Waals surface area contributed by atoms with Crippen molar-refractivity contribution in [3.63, 3.8) is 0 Å². The molecule has 0 radical (unpaired) electrons. The van der Waals surface area contributed by atoms with E-state index in [4.69, 9.17) is 0 Å². The third-order valence-electron chi connectivity index (χ3n) is 3.13. The third-order valence-corrected chi connectivity index (χ3v) is 3.74. The van der Waals surface area contributed by atoms with Gasteiger partial charge in [-0.05, 0) is 67.2 Å². The summed E-state index contributed by atoms with van der Waals surface area (Å²) in [6.45, 7) is 10.7. The fourth-order valence-corrected chi connectivity index (χ4v) is 2.35. The molecule has 0 saturated heterocycles. The Kier molecular flexibility index (Phi) is 5.13. The van der Waals surface area contributed by atoms with Gasteiger partial charge in [-0.15, -0.1) is 0 Å². The summed E-state index contributed by atoms with van der Waals surface area (Å²) in [5.74, 6) is -0.984. The van der Waals surface area contributed by atoms with Crippen LogP contribution in [0.25, 0.3) is 0 Å². The molecule has 0 saturated carbocycles. The molecule has 0 atom stereocenters. The second-order valence-electron chi connectivity index (χ2n) is 6.53. The van der Waals surface area contributed by atoms with Gasteiger partial charge < -0.3 is 5.32 Å². The van der Waals surface area contributed by atoms with E-state index in [9.17, 15) is 8.78 Å². The highest BCUT2D eigenvalue weighted by atomic mass is 79.9. The Morgan fingerprint density at radius 3 is 2.21 bits per heavy atom. The van der Waals surface area contributed by atoms with Crippen LogP contribution in [0.4, 0.5) is 8.78 Å². The lowest BCUT2D eigenvalue weighted by Crippen LogP contribution is -2.38. The number of benzene rings is 1. The smallest absolute Gasteiger partial charge is 0.144 e. The van der Waals surface area contributed by atoms with Crippen LogP contribution in [0, 0.1) is 11.6 Å². The van der Waals surface area contributed by atoms with Crippen molar-refractivity contribution in [3.8, 4) is 0 Å². The van der Waals surface area contributed by atoms with Crippen LogP contribution in [0.1, 0.15) is 46.6 Å². The fraction of sp³-hybridized carbons (Fsp3) is 0.600. The predicted molar refractivity (Wildman–Crippen MR) is 79.5 cm³/mol. The highest BCUT2D eigenvalue weighted by molar-refractivity contribution is 9.10. The highest BCUT2D eigenvalue weighted by Crippen LogP contribution is 2.34. The minimum absolute atomic E-state index is 0.00441. The van der Waals surface area contributed by atoms with Crippen LogP contribution in [0.2, 0.25) is 0 Å². The van der Waals surface area contributed by atoms with Gasteiger partial charge in [-0.2, -0.15) is 0 Å². The van der Waals surface area contributed by atoms with E-state index in [0.717, 1.165) is 0 Å². The zero-order valence-corrected chi connectivity index (χ0v) is 13.8. The van der Waals surface area contributed by atoms with Gasteiger partial charge in [0.25, 0.3) is 0 Å². The van der Waals surface area contributed by atoms with Crippen LogP contribution in [0.15, 0.2) is 16.6 Å². The zero-order valence-electron chi connectivity index (χ0n) is 12.2. The van der Waals surface area contributed by atoms with Crippen molar-refractivity contribution in [2.75, 3.05) is 6.54 Å². The van der Waals surface area contributed by atoms with Gasteiger partial charge in [0.2, 0.25) is 0 Å². The van der Waals surface area contributed by atoms with Crippen molar-refractivity contribution < 1.29 is 8.78 Å². The van der Waals surface area contributed by atoms with Crippen LogP contribution in [-0.4, -0.2) is 12.1 Å². The van der Waals surface area contributed by atoms with Crippen LogP contribution in [0.3, 0.4) is 0 Å². The van der Waals surface area contributed by atoms with Gasteiger partial charge in [0.1, 0.15) is 11.6 Å². The van der Waals surface area contributed by atoms with E-state index in [1.54, 1.807) is 0 Å². The minimum atomic E-state index is -0.559. The van der Waals surface area contributed by atoms with Gasteiger partial charge in [-0.25, -0.2) is 8.78 Å². The molecular formula is C15H22BrF2N. The Hall–Kier alpha value is -0.480. The second-order valence-corrected chi connectivity index (χ2v) is 7.38. The molecule has 0 bridgehead atoms. The lowest BCUT2D eigenvalue weighted by atomic mass is 9.80. The van der Waals surface area contributed by atoms with E-state index < -0.39 is 17.0 Å². The quantitative estimate of drug-likeness (QED) is 0.781. The molecule has 0 fully saturated rings. The second kappa shape index (κ2) is 5.88. The molecule has 1 rings (SSSR count). The molecule has 4 heteroatoms. The first kappa shape index (κ1) is 16.6. The Morgan fingerprint density at radius 1 is 1.11 bits per heavy atom. The fourth-order valence-electron chi connectivity index (χ4n) is 2.02. The molecule has 1 nitrogen and oxygen atoms in total. The number of hydrogen-bond acceptors (Lipinski definition) is 1. The van der Waals surface area contributed by atoms with Crippen molar-refractivity contribution in [1.29, 1.82) is 0 Å². The molecule has 0 aliphatic rings. The molecule has 0 aromatic heterocycles. The first-order valence-corrected chi connectivity index (χ1v) is 7.23. The average molecular weight is 334 g/mol. The summed E-state index contributed by atoms with van der Waals surface area (Å²) in [7, 11) is 0. The van der Waals surface area contributed by atoms with Crippen molar-refractivity contribution in [1.82, 2.24) is 5.32 Å². The number of nitrogens with one attached hydrogen (secondary N) is 1. The largest absolute Gasteiger partial charge is 0.312 e. The molecule has 0 spiro atoms. The maximum atomic E-state index is 14.1. The molecule has 1 aromatic rings. The van der Waals surface area contributed by atoms with Crippen molar-refractivity contribution >= 4 is 15.9 Å². The van der Waals surface area contributed by atoms with E-state index in [1.165, 1.54) is 12.1 Å². The van der Waals surface area contributed by atoms with Gasteiger partial charge in [0.15, 0.2) is 0 Å². The molecule has 0 unspecified atom stereocenters. The molecule has 1 N–H and O–H groups in total. The molecule has 0 aliphatic carbocycles. The normalized spacial score (nSPS) is 12.8. The molecule has 0 aliphatic heterocycles. The highest BCUT2D eigenvalue weighted by Gasteiger charge is 2.29. The van der Waals surface area contributed by atoms with Crippen molar-refractivity contribution in [2.45, 2.75) is 52.0 Å². The monoisotopic (exact) mass is 333 g/mol. The summed E-state index contributed by atoms with van der Waals surface area (Å²) < 4.78 is 28.3. The van der Waals surface area contributed by atoms with Gasteiger partial charge >= 0.3 is 0 Å². The minimum Gasteiger partial charge on any atom is -0.312 e. The third kappa shape index (κ3) is 4.53. The standard InChI is InChI=1S/C15H22BrF2N/c1-14(2,3)19-9-8-15(4,5)12-11(17)7-6-10(16)13(12)18/h6-7,19H,8-9H2,1-5H3. The maximum Gasteiger partial charge on any atom is 0.144 e. The Labute approximate surface area is 122 Å². The summed E-state index contributed by atoms with van der Waals surface area (Å²) >= 11 is 3.12.